The molecule has 0 saturated carbocycles. The first kappa shape index (κ1) is 14.5. The van der Waals surface area contributed by atoms with E-state index in [0.29, 0.717) is 15.6 Å². The summed E-state index contributed by atoms with van der Waals surface area (Å²) in [5, 5.41) is 2.48. The first-order valence-electron chi connectivity index (χ1n) is 5.88. The Kier molecular flexibility index (Phi) is 4.34. The van der Waals surface area contributed by atoms with Crippen molar-refractivity contribution in [2.24, 2.45) is 0 Å². The summed E-state index contributed by atoms with van der Waals surface area (Å²) in [6.07, 6.45) is 1.42. The SMILES string of the molecule is CNC(=O)c1ccc(=O)n(Cc2ccc(Br)cc2F)c1. The molecule has 6 heteroatoms. The third-order valence-electron chi connectivity index (χ3n) is 2.83. The van der Waals surface area contributed by atoms with Crippen LogP contribution in [0.2, 0.25) is 0 Å². The molecule has 1 aromatic heterocycles. The van der Waals surface area contributed by atoms with Gasteiger partial charge in [-0.25, -0.2) is 4.39 Å². The maximum absolute atomic E-state index is 13.8. The molecule has 0 aliphatic heterocycles. The van der Waals surface area contributed by atoms with Crippen LogP contribution in [0.5, 0.6) is 0 Å². The second-order valence-corrected chi connectivity index (χ2v) is 5.11. The number of rotatable bonds is 3. The van der Waals surface area contributed by atoms with Crippen LogP contribution >= 0.6 is 15.9 Å². The normalized spacial score (nSPS) is 10.3. The molecule has 0 radical (unpaired) electrons. The van der Waals surface area contributed by atoms with Gasteiger partial charge in [0.2, 0.25) is 0 Å². The van der Waals surface area contributed by atoms with Crippen LogP contribution in [0, 0.1) is 5.82 Å². The molecular formula is C14H12BrFN2O2. The highest BCUT2D eigenvalue weighted by atomic mass is 79.9. The smallest absolute Gasteiger partial charge is 0.252 e. The van der Waals surface area contributed by atoms with Crippen molar-refractivity contribution in [2.45, 2.75) is 6.54 Å². The minimum absolute atomic E-state index is 0.0722. The Morgan fingerprint density at radius 1 is 1.35 bits per heavy atom. The average Bonchev–Trinajstić information content (AvgIpc) is 2.43. The molecule has 0 atom stereocenters. The molecule has 104 valence electrons. The summed E-state index contributed by atoms with van der Waals surface area (Å²) >= 11 is 3.17. The summed E-state index contributed by atoms with van der Waals surface area (Å²) in [5.41, 5.74) is 0.439. The number of aromatic nitrogens is 1. The fourth-order valence-corrected chi connectivity index (χ4v) is 2.10. The van der Waals surface area contributed by atoms with Gasteiger partial charge in [-0.15, -0.1) is 0 Å². The van der Waals surface area contributed by atoms with Crippen molar-refractivity contribution < 1.29 is 9.18 Å². The van der Waals surface area contributed by atoms with Crippen LogP contribution in [0.15, 0.2) is 45.8 Å². The maximum Gasteiger partial charge on any atom is 0.252 e. The van der Waals surface area contributed by atoms with E-state index in [1.54, 1.807) is 12.1 Å². The molecule has 0 unspecified atom stereocenters. The van der Waals surface area contributed by atoms with Gasteiger partial charge in [0.25, 0.3) is 11.5 Å². The van der Waals surface area contributed by atoms with E-state index in [4.69, 9.17) is 0 Å². The minimum Gasteiger partial charge on any atom is -0.355 e. The van der Waals surface area contributed by atoms with Crippen molar-refractivity contribution in [3.63, 3.8) is 0 Å². The predicted molar refractivity (Wildman–Crippen MR) is 77.3 cm³/mol. The fraction of sp³-hybridized carbons (Fsp3) is 0.143. The van der Waals surface area contributed by atoms with E-state index < -0.39 is 5.82 Å². The van der Waals surface area contributed by atoms with Gasteiger partial charge in [-0.3, -0.25) is 9.59 Å². The molecule has 0 bridgehead atoms. The van der Waals surface area contributed by atoms with E-state index in [9.17, 15) is 14.0 Å². The van der Waals surface area contributed by atoms with Crippen molar-refractivity contribution in [3.05, 3.63) is 68.3 Å². The van der Waals surface area contributed by atoms with Crippen molar-refractivity contribution in [2.75, 3.05) is 7.05 Å². The highest BCUT2D eigenvalue weighted by Crippen LogP contribution is 2.15. The zero-order valence-electron chi connectivity index (χ0n) is 10.7. The Morgan fingerprint density at radius 3 is 2.75 bits per heavy atom. The molecule has 0 saturated heterocycles. The van der Waals surface area contributed by atoms with E-state index in [-0.39, 0.29) is 18.0 Å². The number of pyridine rings is 1. The number of carbonyl (C=O) groups excluding carboxylic acids is 1. The summed E-state index contributed by atoms with van der Waals surface area (Å²) in [4.78, 5) is 23.3. The molecule has 20 heavy (non-hydrogen) atoms. The molecule has 0 aliphatic rings. The summed E-state index contributed by atoms with van der Waals surface area (Å²) in [5.74, 6) is -0.702. The van der Waals surface area contributed by atoms with Gasteiger partial charge in [0.15, 0.2) is 0 Å². The number of amides is 1. The molecule has 4 nitrogen and oxygen atoms in total. The summed E-state index contributed by atoms with van der Waals surface area (Å²) < 4.78 is 15.7. The Morgan fingerprint density at radius 2 is 2.10 bits per heavy atom. The fourth-order valence-electron chi connectivity index (χ4n) is 1.77. The Balaban J connectivity index is 2.37. The standard InChI is InChI=1S/C14H12BrFN2O2/c1-17-14(20)10-3-5-13(19)18(8-10)7-9-2-4-11(15)6-12(9)16/h2-6,8H,7H2,1H3,(H,17,20). The monoisotopic (exact) mass is 338 g/mol. The lowest BCUT2D eigenvalue weighted by molar-refractivity contribution is 0.0962. The van der Waals surface area contributed by atoms with Gasteiger partial charge >= 0.3 is 0 Å². The summed E-state index contributed by atoms with van der Waals surface area (Å²) in [6, 6.07) is 7.37. The molecule has 1 N–H and O–H groups in total. The lowest BCUT2D eigenvalue weighted by atomic mass is 10.2. The van der Waals surface area contributed by atoms with Crippen LogP contribution in [0.1, 0.15) is 15.9 Å². The van der Waals surface area contributed by atoms with E-state index in [2.05, 4.69) is 21.2 Å². The lowest BCUT2D eigenvalue weighted by Crippen LogP contribution is -2.24. The molecule has 2 rings (SSSR count). The molecule has 0 spiro atoms. The molecule has 2 aromatic rings. The highest BCUT2D eigenvalue weighted by Gasteiger charge is 2.08. The predicted octanol–water partition coefficient (Wildman–Crippen LogP) is 2.16. The topological polar surface area (TPSA) is 51.1 Å². The molecule has 1 heterocycles. The molecule has 1 amide bonds. The second-order valence-electron chi connectivity index (χ2n) is 4.20. The lowest BCUT2D eigenvalue weighted by Gasteiger charge is -2.09. The Bertz CT molecular complexity index is 713. The minimum atomic E-state index is -0.406. The second kappa shape index (κ2) is 6.00. The number of halogens is 2. The van der Waals surface area contributed by atoms with Gasteiger partial charge in [0, 0.05) is 29.3 Å². The Hall–Kier alpha value is -1.95. The number of nitrogens with zero attached hydrogens (tertiary/aromatic N) is 1. The number of hydrogen-bond donors (Lipinski definition) is 1. The van der Waals surface area contributed by atoms with Crippen LogP contribution in [0.25, 0.3) is 0 Å². The van der Waals surface area contributed by atoms with Crippen LogP contribution in [0.4, 0.5) is 4.39 Å². The third-order valence-corrected chi connectivity index (χ3v) is 3.32. The summed E-state index contributed by atoms with van der Waals surface area (Å²) in [7, 11) is 1.51. The zero-order valence-corrected chi connectivity index (χ0v) is 12.3. The average molecular weight is 339 g/mol. The highest BCUT2D eigenvalue weighted by molar-refractivity contribution is 9.10. The largest absolute Gasteiger partial charge is 0.355 e. The quantitative estimate of drug-likeness (QED) is 0.932. The van der Waals surface area contributed by atoms with Crippen LogP contribution in [-0.2, 0) is 6.54 Å². The van der Waals surface area contributed by atoms with E-state index in [1.807, 2.05) is 0 Å². The van der Waals surface area contributed by atoms with Crippen molar-refractivity contribution in [1.82, 2.24) is 9.88 Å². The zero-order chi connectivity index (χ0) is 14.7. The number of nitrogens with one attached hydrogen (secondary N) is 1. The van der Waals surface area contributed by atoms with Crippen molar-refractivity contribution >= 4 is 21.8 Å². The molecule has 0 aliphatic carbocycles. The Labute approximate surface area is 123 Å². The first-order chi connectivity index (χ1) is 9.51. The van der Waals surface area contributed by atoms with Gasteiger partial charge in [-0.2, -0.15) is 0 Å². The van der Waals surface area contributed by atoms with Gasteiger partial charge in [0.05, 0.1) is 12.1 Å². The van der Waals surface area contributed by atoms with Crippen LogP contribution < -0.4 is 10.9 Å². The van der Waals surface area contributed by atoms with Crippen LogP contribution in [0.3, 0.4) is 0 Å². The van der Waals surface area contributed by atoms with Gasteiger partial charge in [0.1, 0.15) is 5.82 Å². The molecule has 0 fully saturated rings. The van der Waals surface area contributed by atoms with Crippen molar-refractivity contribution in [3.8, 4) is 0 Å². The van der Waals surface area contributed by atoms with Crippen LogP contribution in [-0.4, -0.2) is 17.5 Å². The third kappa shape index (κ3) is 3.14. The summed E-state index contributed by atoms with van der Waals surface area (Å²) in [6.45, 7) is 0.0722. The van der Waals surface area contributed by atoms with Gasteiger partial charge < -0.3 is 9.88 Å². The molecular weight excluding hydrogens is 327 g/mol. The van der Waals surface area contributed by atoms with E-state index >= 15 is 0 Å². The maximum atomic E-state index is 13.8. The van der Waals surface area contributed by atoms with Gasteiger partial charge in [-0.05, 0) is 18.2 Å². The first-order valence-corrected chi connectivity index (χ1v) is 6.67. The van der Waals surface area contributed by atoms with E-state index in [0.717, 1.165) is 0 Å². The number of hydrogen-bond acceptors (Lipinski definition) is 2. The van der Waals surface area contributed by atoms with E-state index in [1.165, 1.54) is 36.0 Å². The molecule has 1 aromatic carbocycles. The number of benzene rings is 1. The van der Waals surface area contributed by atoms with Gasteiger partial charge in [-0.1, -0.05) is 22.0 Å². The number of carbonyl (C=O) groups is 1. The van der Waals surface area contributed by atoms with Crippen molar-refractivity contribution in [1.29, 1.82) is 0 Å².